The maximum atomic E-state index is 12.1. The zero-order valence-corrected chi connectivity index (χ0v) is 14.9. The van der Waals surface area contributed by atoms with E-state index in [4.69, 9.17) is 38.2 Å². The first kappa shape index (κ1) is 23.0. The standard InChI is InChI=1S/C13H19Cl2NO10/c1-4(18)16(11(22)10(14)15)7-5(19)2-13(25,12(23)24)26-9(7)8(21)6(20)3-17/h5-10,17,19-21,25H,2-3H2,1H3,(H,23,24)/t5-,6+,7+,8+,9+,13-/m0/s1. The van der Waals surface area contributed by atoms with Gasteiger partial charge in [-0.15, -0.1) is 0 Å². The number of hydrogen-bond donors (Lipinski definition) is 6. The van der Waals surface area contributed by atoms with Crippen LogP contribution in [0.15, 0.2) is 0 Å². The third kappa shape index (κ3) is 4.61. The number of rotatable bonds is 6. The topological polar surface area (TPSA) is 185 Å². The highest BCUT2D eigenvalue weighted by Crippen LogP contribution is 2.34. The number of aliphatic carboxylic acids is 1. The maximum Gasteiger partial charge on any atom is 0.364 e. The average molecular weight is 420 g/mol. The van der Waals surface area contributed by atoms with E-state index < -0.39 is 71.9 Å². The molecule has 1 fully saturated rings. The number of imide groups is 1. The number of nitrogens with zero attached hydrogens (tertiary/aromatic N) is 1. The van der Waals surface area contributed by atoms with Crippen LogP contribution in [0.1, 0.15) is 13.3 Å². The van der Waals surface area contributed by atoms with Crippen molar-refractivity contribution in [2.75, 3.05) is 6.61 Å². The van der Waals surface area contributed by atoms with Gasteiger partial charge in [0.15, 0.2) is 4.84 Å². The number of carbonyl (C=O) groups excluding carboxylic acids is 2. The molecule has 0 saturated carbocycles. The number of carboxylic acid groups (broad SMARTS) is 1. The Morgan fingerprint density at radius 1 is 1.31 bits per heavy atom. The smallest absolute Gasteiger partial charge is 0.364 e. The Balaban J connectivity index is 3.41. The quantitative estimate of drug-likeness (QED) is 0.245. The summed E-state index contributed by atoms with van der Waals surface area (Å²) >= 11 is 10.9. The molecule has 1 rings (SSSR count). The summed E-state index contributed by atoms with van der Waals surface area (Å²) in [5, 5.41) is 58.1. The molecular weight excluding hydrogens is 401 g/mol. The van der Waals surface area contributed by atoms with Crippen LogP contribution >= 0.6 is 23.2 Å². The second-order valence-corrected chi connectivity index (χ2v) is 6.80. The maximum absolute atomic E-state index is 12.1. The van der Waals surface area contributed by atoms with Gasteiger partial charge >= 0.3 is 5.97 Å². The number of carboxylic acids is 1. The van der Waals surface area contributed by atoms with Crippen LogP contribution in [0.5, 0.6) is 0 Å². The van der Waals surface area contributed by atoms with E-state index in [0.717, 1.165) is 6.92 Å². The third-order valence-electron chi connectivity index (χ3n) is 3.86. The van der Waals surface area contributed by atoms with E-state index in [1.54, 1.807) is 0 Å². The summed E-state index contributed by atoms with van der Waals surface area (Å²) in [6, 6.07) is -1.75. The van der Waals surface area contributed by atoms with Gasteiger partial charge in [0.05, 0.1) is 18.8 Å². The van der Waals surface area contributed by atoms with Gasteiger partial charge in [0.1, 0.15) is 18.3 Å². The van der Waals surface area contributed by atoms with Crippen LogP contribution in [0.4, 0.5) is 0 Å². The number of ether oxygens (including phenoxy) is 1. The molecule has 2 amide bonds. The Kier molecular flexibility index (Phi) is 7.74. The minimum atomic E-state index is -2.98. The number of amides is 2. The largest absolute Gasteiger partial charge is 0.477 e. The molecule has 1 heterocycles. The number of aliphatic hydroxyl groups is 5. The molecule has 0 radical (unpaired) electrons. The summed E-state index contributed by atoms with van der Waals surface area (Å²) in [6.07, 6.45) is -8.85. The normalized spacial score (nSPS) is 31.3. The lowest BCUT2D eigenvalue weighted by atomic mass is 9.87. The number of carbonyl (C=O) groups is 3. The molecule has 150 valence electrons. The lowest BCUT2D eigenvalue weighted by Crippen LogP contribution is -2.69. The van der Waals surface area contributed by atoms with E-state index in [9.17, 15) is 34.8 Å². The molecule has 0 aromatic carbocycles. The highest BCUT2D eigenvalue weighted by molar-refractivity contribution is 6.54. The van der Waals surface area contributed by atoms with Crippen molar-refractivity contribution in [3.05, 3.63) is 0 Å². The van der Waals surface area contributed by atoms with E-state index in [2.05, 4.69) is 0 Å². The van der Waals surface area contributed by atoms with Crippen molar-refractivity contribution in [3.63, 3.8) is 0 Å². The lowest BCUT2D eigenvalue weighted by molar-refractivity contribution is -0.302. The molecule has 11 nitrogen and oxygen atoms in total. The first-order valence-corrected chi connectivity index (χ1v) is 8.15. The molecule has 0 aromatic heterocycles. The summed E-state index contributed by atoms with van der Waals surface area (Å²) in [6.45, 7) is -0.0955. The summed E-state index contributed by atoms with van der Waals surface area (Å²) in [5.41, 5.74) is 0. The fraction of sp³-hybridized carbons (Fsp3) is 0.769. The Morgan fingerprint density at radius 2 is 1.85 bits per heavy atom. The van der Waals surface area contributed by atoms with Crippen LogP contribution in [0.2, 0.25) is 0 Å². The Labute approximate surface area is 157 Å². The van der Waals surface area contributed by atoms with Gasteiger partial charge in [-0.25, -0.2) is 4.79 Å². The van der Waals surface area contributed by atoms with Gasteiger partial charge in [0, 0.05) is 13.3 Å². The summed E-state index contributed by atoms with van der Waals surface area (Å²) < 4.78 is 4.91. The molecule has 0 aromatic rings. The van der Waals surface area contributed by atoms with Crippen molar-refractivity contribution in [2.24, 2.45) is 0 Å². The van der Waals surface area contributed by atoms with Crippen LogP contribution in [-0.2, 0) is 19.1 Å². The van der Waals surface area contributed by atoms with E-state index in [0.29, 0.717) is 4.90 Å². The van der Waals surface area contributed by atoms with Gasteiger partial charge in [-0.3, -0.25) is 14.5 Å². The van der Waals surface area contributed by atoms with Crippen molar-refractivity contribution in [1.29, 1.82) is 0 Å². The molecule has 6 atom stereocenters. The summed E-state index contributed by atoms with van der Waals surface area (Å²) in [5.74, 6) is -7.09. The summed E-state index contributed by atoms with van der Waals surface area (Å²) in [4.78, 5) is 33.8. The fourth-order valence-electron chi connectivity index (χ4n) is 2.64. The first-order valence-electron chi connectivity index (χ1n) is 7.27. The third-order valence-corrected chi connectivity index (χ3v) is 4.23. The molecule has 1 aliphatic heterocycles. The van der Waals surface area contributed by atoms with Gasteiger partial charge in [0.25, 0.3) is 11.7 Å². The molecule has 0 spiro atoms. The van der Waals surface area contributed by atoms with Crippen LogP contribution in [0, 0.1) is 0 Å². The molecule has 0 aliphatic carbocycles. The minimum Gasteiger partial charge on any atom is -0.477 e. The van der Waals surface area contributed by atoms with Crippen molar-refractivity contribution < 1.29 is 49.8 Å². The van der Waals surface area contributed by atoms with Crippen LogP contribution < -0.4 is 0 Å². The van der Waals surface area contributed by atoms with Crippen molar-refractivity contribution in [1.82, 2.24) is 4.90 Å². The predicted molar refractivity (Wildman–Crippen MR) is 84.0 cm³/mol. The van der Waals surface area contributed by atoms with Crippen LogP contribution in [0.25, 0.3) is 0 Å². The molecule has 1 saturated heterocycles. The Hall–Kier alpha value is -1.05. The summed E-state index contributed by atoms with van der Waals surface area (Å²) in [7, 11) is 0. The first-order chi connectivity index (χ1) is 11.9. The average Bonchev–Trinajstić information content (AvgIpc) is 2.54. The number of alkyl halides is 2. The van der Waals surface area contributed by atoms with Gasteiger partial charge in [0.2, 0.25) is 5.91 Å². The minimum absolute atomic E-state index is 0.342. The van der Waals surface area contributed by atoms with Gasteiger partial charge in [-0.1, -0.05) is 23.2 Å². The zero-order valence-electron chi connectivity index (χ0n) is 13.4. The van der Waals surface area contributed by atoms with Crippen LogP contribution in [0.3, 0.4) is 0 Å². The second-order valence-electron chi connectivity index (χ2n) is 5.70. The Bertz CT molecular complexity index is 561. The molecule has 1 aliphatic rings. The SMILES string of the molecule is CC(=O)N(C(=O)C(Cl)Cl)[C@H]1[C@H]([C@H](O)[C@H](O)CO)O[C@](O)(C(=O)O)C[C@@H]1O. The highest BCUT2D eigenvalue weighted by Gasteiger charge is 2.56. The number of hydrogen-bond acceptors (Lipinski definition) is 9. The fourth-order valence-corrected chi connectivity index (χ4v) is 2.85. The Morgan fingerprint density at radius 3 is 2.23 bits per heavy atom. The van der Waals surface area contributed by atoms with Gasteiger partial charge in [-0.05, 0) is 0 Å². The van der Waals surface area contributed by atoms with E-state index in [1.807, 2.05) is 0 Å². The van der Waals surface area contributed by atoms with Crippen molar-refractivity contribution in [2.45, 2.75) is 54.4 Å². The molecule has 6 N–H and O–H groups in total. The van der Waals surface area contributed by atoms with Crippen molar-refractivity contribution >= 4 is 41.0 Å². The number of halogens is 2. The van der Waals surface area contributed by atoms with E-state index >= 15 is 0 Å². The van der Waals surface area contributed by atoms with Gasteiger partial charge in [-0.2, -0.15) is 0 Å². The molecular formula is C13H19Cl2NO10. The molecule has 0 unspecified atom stereocenters. The van der Waals surface area contributed by atoms with Crippen LogP contribution in [-0.4, -0.2) is 101 Å². The molecule has 13 heteroatoms. The predicted octanol–water partition coefficient (Wildman–Crippen LogP) is -2.83. The lowest BCUT2D eigenvalue weighted by Gasteiger charge is -2.47. The van der Waals surface area contributed by atoms with Crippen molar-refractivity contribution in [3.8, 4) is 0 Å². The molecule has 0 bridgehead atoms. The van der Waals surface area contributed by atoms with E-state index in [-0.39, 0.29) is 0 Å². The van der Waals surface area contributed by atoms with E-state index in [1.165, 1.54) is 0 Å². The number of aliphatic hydroxyl groups excluding tert-OH is 4. The zero-order chi connectivity index (χ0) is 20.4. The molecule has 26 heavy (non-hydrogen) atoms. The van der Waals surface area contributed by atoms with Gasteiger partial charge < -0.3 is 35.4 Å². The highest BCUT2D eigenvalue weighted by atomic mass is 35.5. The second kappa shape index (κ2) is 8.76. The monoisotopic (exact) mass is 419 g/mol.